The summed E-state index contributed by atoms with van der Waals surface area (Å²) in [6.45, 7) is 3.67. The van der Waals surface area contributed by atoms with Gasteiger partial charge >= 0.3 is 0 Å². The number of piperidine rings is 1. The van der Waals surface area contributed by atoms with Crippen molar-refractivity contribution in [2.24, 2.45) is 5.92 Å². The number of ether oxygens (including phenoxy) is 2. The number of aliphatic hydroxyl groups excluding tert-OH is 1. The number of rotatable bonds is 9. The van der Waals surface area contributed by atoms with Gasteiger partial charge < -0.3 is 19.5 Å². The minimum absolute atomic E-state index is 0.299. The van der Waals surface area contributed by atoms with Gasteiger partial charge in [0.1, 0.15) is 11.5 Å². The van der Waals surface area contributed by atoms with Crippen LogP contribution in [-0.4, -0.2) is 50.5 Å². The first kappa shape index (κ1) is 20.7. The molecule has 1 aliphatic heterocycles. The third-order valence-electron chi connectivity index (χ3n) is 5.94. The van der Waals surface area contributed by atoms with Crippen molar-refractivity contribution in [2.45, 2.75) is 31.6 Å². The molecule has 28 heavy (non-hydrogen) atoms. The zero-order valence-electron chi connectivity index (χ0n) is 17.1. The van der Waals surface area contributed by atoms with Crippen LogP contribution in [0.2, 0.25) is 0 Å². The minimum Gasteiger partial charge on any atom is -0.497 e. The summed E-state index contributed by atoms with van der Waals surface area (Å²) < 4.78 is 10.7. The Labute approximate surface area is 169 Å². The number of hydrogen-bond acceptors (Lipinski definition) is 4. The molecule has 1 saturated heterocycles. The normalized spacial score (nSPS) is 15.7. The zero-order chi connectivity index (χ0) is 19.8. The predicted molar refractivity (Wildman–Crippen MR) is 113 cm³/mol. The molecule has 0 aliphatic carbocycles. The van der Waals surface area contributed by atoms with Crippen LogP contribution in [0.15, 0.2) is 48.5 Å². The molecule has 152 valence electrons. The number of hydrogen-bond donors (Lipinski definition) is 1. The molecule has 1 fully saturated rings. The van der Waals surface area contributed by atoms with Crippen molar-refractivity contribution in [3.05, 3.63) is 59.7 Å². The molecule has 4 nitrogen and oxygen atoms in total. The summed E-state index contributed by atoms with van der Waals surface area (Å²) in [7, 11) is 3.42. The Morgan fingerprint density at radius 2 is 1.36 bits per heavy atom. The second-order valence-electron chi connectivity index (χ2n) is 7.63. The Kier molecular flexibility index (Phi) is 7.75. The van der Waals surface area contributed by atoms with Crippen LogP contribution in [0.5, 0.6) is 11.5 Å². The highest BCUT2D eigenvalue weighted by Gasteiger charge is 2.29. The van der Waals surface area contributed by atoms with Gasteiger partial charge in [0, 0.05) is 12.5 Å². The average Bonchev–Trinajstić information content (AvgIpc) is 2.76. The second kappa shape index (κ2) is 10.5. The van der Waals surface area contributed by atoms with E-state index in [1.54, 1.807) is 14.2 Å². The highest BCUT2D eigenvalue weighted by atomic mass is 16.5. The SMILES string of the molecule is COc1ccc(C(c2ccc(OC)cc2)C2CCN(CCCCO)CC2)cc1. The maximum absolute atomic E-state index is 9.00. The molecule has 2 aromatic carbocycles. The van der Waals surface area contributed by atoms with Gasteiger partial charge in [-0.15, -0.1) is 0 Å². The van der Waals surface area contributed by atoms with Crippen LogP contribution in [0, 0.1) is 5.92 Å². The molecule has 0 aromatic heterocycles. The summed E-state index contributed by atoms with van der Waals surface area (Å²) in [6, 6.07) is 17.1. The molecular formula is C24H33NO3. The Morgan fingerprint density at radius 3 is 1.79 bits per heavy atom. The molecule has 0 radical (unpaired) electrons. The van der Waals surface area contributed by atoms with Gasteiger partial charge in [0.15, 0.2) is 0 Å². The first-order chi connectivity index (χ1) is 13.7. The second-order valence-corrected chi connectivity index (χ2v) is 7.63. The first-order valence-corrected chi connectivity index (χ1v) is 10.4. The maximum atomic E-state index is 9.00. The third kappa shape index (κ3) is 5.27. The average molecular weight is 384 g/mol. The summed E-state index contributed by atoms with van der Waals surface area (Å²) in [5.74, 6) is 2.80. The van der Waals surface area contributed by atoms with Crippen molar-refractivity contribution >= 4 is 0 Å². The van der Waals surface area contributed by atoms with Crippen LogP contribution in [0.1, 0.15) is 42.7 Å². The van der Waals surface area contributed by atoms with Gasteiger partial charge in [-0.1, -0.05) is 24.3 Å². The van der Waals surface area contributed by atoms with Crippen molar-refractivity contribution in [1.82, 2.24) is 4.90 Å². The maximum Gasteiger partial charge on any atom is 0.118 e. The van der Waals surface area contributed by atoms with Gasteiger partial charge in [-0.25, -0.2) is 0 Å². The van der Waals surface area contributed by atoms with Gasteiger partial charge in [-0.2, -0.15) is 0 Å². The monoisotopic (exact) mass is 383 g/mol. The van der Waals surface area contributed by atoms with E-state index in [4.69, 9.17) is 14.6 Å². The molecule has 1 N–H and O–H groups in total. The number of unbranched alkanes of at least 4 members (excludes halogenated alkanes) is 1. The fourth-order valence-corrected chi connectivity index (χ4v) is 4.32. The summed E-state index contributed by atoms with van der Waals surface area (Å²) in [4.78, 5) is 2.55. The van der Waals surface area contributed by atoms with E-state index in [2.05, 4.69) is 53.4 Å². The van der Waals surface area contributed by atoms with Crippen molar-refractivity contribution in [1.29, 1.82) is 0 Å². The largest absolute Gasteiger partial charge is 0.497 e. The molecule has 2 aromatic rings. The van der Waals surface area contributed by atoms with Gasteiger partial charge in [0.05, 0.1) is 14.2 Å². The first-order valence-electron chi connectivity index (χ1n) is 10.4. The Hall–Kier alpha value is -2.04. The van der Waals surface area contributed by atoms with Crippen LogP contribution < -0.4 is 9.47 Å². The van der Waals surface area contributed by atoms with Crippen molar-refractivity contribution in [2.75, 3.05) is 40.5 Å². The molecule has 0 saturated carbocycles. The van der Waals surface area contributed by atoms with E-state index in [0.29, 0.717) is 18.4 Å². The lowest BCUT2D eigenvalue weighted by atomic mass is 9.76. The molecule has 0 amide bonds. The number of likely N-dealkylation sites (tertiary alicyclic amines) is 1. The van der Waals surface area contributed by atoms with Crippen molar-refractivity contribution < 1.29 is 14.6 Å². The van der Waals surface area contributed by atoms with Crippen molar-refractivity contribution in [3.63, 3.8) is 0 Å². The Morgan fingerprint density at radius 1 is 0.857 bits per heavy atom. The smallest absolute Gasteiger partial charge is 0.118 e. The van der Waals surface area contributed by atoms with Gasteiger partial charge in [-0.3, -0.25) is 0 Å². The highest BCUT2D eigenvalue weighted by molar-refractivity contribution is 5.39. The van der Waals surface area contributed by atoms with E-state index in [-0.39, 0.29) is 0 Å². The molecule has 0 atom stereocenters. The number of nitrogens with zero attached hydrogens (tertiary/aromatic N) is 1. The van der Waals surface area contributed by atoms with E-state index in [1.165, 1.54) is 24.0 Å². The Bertz CT molecular complexity index is 643. The topological polar surface area (TPSA) is 41.9 Å². The predicted octanol–water partition coefficient (Wildman–Crippen LogP) is 4.32. The number of methoxy groups -OCH3 is 2. The van der Waals surface area contributed by atoms with Gasteiger partial charge in [0.2, 0.25) is 0 Å². The molecule has 1 aliphatic rings. The lowest BCUT2D eigenvalue weighted by Crippen LogP contribution is -2.36. The highest BCUT2D eigenvalue weighted by Crippen LogP contribution is 2.39. The number of aliphatic hydroxyl groups is 1. The van der Waals surface area contributed by atoms with Gasteiger partial charge in [-0.05, 0) is 86.6 Å². The third-order valence-corrected chi connectivity index (χ3v) is 5.94. The van der Waals surface area contributed by atoms with E-state index in [9.17, 15) is 0 Å². The summed E-state index contributed by atoms with van der Waals surface area (Å²) in [5, 5.41) is 9.00. The molecule has 0 bridgehead atoms. The van der Waals surface area contributed by atoms with E-state index < -0.39 is 0 Å². The summed E-state index contributed by atoms with van der Waals surface area (Å²) >= 11 is 0. The molecule has 3 rings (SSSR count). The molecule has 0 unspecified atom stereocenters. The molecular weight excluding hydrogens is 350 g/mol. The molecule has 1 heterocycles. The fraction of sp³-hybridized carbons (Fsp3) is 0.500. The van der Waals surface area contributed by atoms with Gasteiger partial charge in [0.25, 0.3) is 0 Å². The van der Waals surface area contributed by atoms with Crippen LogP contribution in [0.4, 0.5) is 0 Å². The fourth-order valence-electron chi connectivity index (χ4n) is 4.32. The summed E-state index contributed by atoms with van der Waals surface area (Å²) in [5.41, 5.74) is 2.70. The lowest BCUT2D eigenvalue weighted by molar-refractivity contribution is 0.168. The molecule has 0 spiro atoms. The van der Waals surface area contributed by atoms with Crippen LogP contribution >= 0.6 is 0 Å². The van der Waals surface area contributed by atoms with Crippen LogP contribution in [0.25, 0.3) is 0 Å². The minimum atomic E-state index is 0.299. The van der Waals surface area contributed by atoms with E-state index >= 15 is 0 Å². The van der Waals surface area contributed by atoms with E-state index in [0.717, 1.165) is 44.0 Å². The van der Waals surface area contributed by atoms with Crippen molar-refractivity contribution in [3.8, 4) is 11.5 Å². The summed E-state index contributed by atoms with van der Waals surface area (Å²) in [6.07, 6.45) is 4.38. The Balaban J connectivity index is 1.76. The number of benzene rings is 2. The lowest BCUT2D eigenvalue weighted by Gasteiger charge is -2.36. The van der Waals surface area contributed by atoms with Crippen LogP contribution in [-0.2, 0) is 0 Å². The zero-order valence-corrected chi connectivity index (χ0v) is 17.1. The van der Waals surface area contributed by atoms with E-state index in [1.807, 2.05) is 0 Å². The molecule has 4 heteroatoms. The van der Waals surface area contributed by atoms with Crippen LogP contribution in [0.3, 0.4) is 0 Å². The standard InChI is InChI=1S/C24H33NO3/c1-27-22-9-5-19(6-10-22)24(20-7-11-23(28-2)12-8-20)21-13-16-25(17-14-21)15-3-4-18-26/h5-12,21,24,26H,3-4,13-18H2,1-2H3. The quantitative estimate of drug-likeness (QED) is 0.655.